The number of allylic oxidation sites excluding steroid dienone is 1. The molecule has 0 fully saturated rings. The highest BCUT2D eigenvalue weighted by Gasteiger charge is 2.31. The molecule has 4 aromatic rings. The van der Waals surface area contributed by atoms with Crippen molar-refractivity contribution in [2.75, 3.05) is 0 Å². The average molecular weight is 484 g/mol. The fraction of sp³-hybridized carbons (Fsp3) is 0.0800. The summed E-state index contributed by atoms with van der Waals surface area (Å²) in [5.74, 6) is -1.88. The zero-order valence-electron chi connectivity index (χ0n) is 17.4. The summed E-state index contributed by atoms with van der Waals surface area (Å²) in [7, 11) is 0. The van der Waals surface area contributed by atoms with Gasteiger partial charge in [0.05, 0.1) is 22.7 Å². The van der Waals surface area contributed by atoms with Crippen LogP contribution in [0.2, 0.25) is 5.02 Å². The first-order chi connectivity index (χ1) is 16.3. The zero-order valence-corrected chi connectivity index (χ0v) is 18.2. The van der Waals surface area contributed by atoms with Gasteiger partial charge in [0.15, 0.2) is 0 Å². The lowest BCUT2D eigenvalue weighted by molar-refractivity contribution is -0.137. The van der Waals surface area contributed by atoms with Crippen molar-refractivity contribution in [3.8, 4) is 0 Å². The van der Waals surface area contributed by atoms with Crippen LogP contribution < -0.4 is 0 Å². The van der Waals surface area contributed by atoms with Gasteiger partial charge in [0.2, 0.25) is 0 Å². The summed E-state index contributed by atoms with van der Waals surface area (Å²) >= 11 is 6.54. The molecule has 1 N–H and O–H groups in total. The number of benzene rings is 3. The second-order valence-electron chi connectivity index (χ2n) is 7.38. The number of rotatable bonds is 6. The van der Waals surface area contributed by atoms with Crippen LogP contribution in [0.15, 0.2) is 85.5 Å². The highest BCUT2D eigenvalue weighted by molar-refractivity contribution is 6.32. The predicted molar refractivity (Wildman–Crippen MR) is 122 cm³/mol. The standard InChI is InChI=1S/C25H17ClF3N3O2/c26-20-8-4-7-19(24(33)34)23(20)22(17-5-2-1-3-6-17)21(32-15-30-14-31-32)13-16-9-11-18(12-10-16)25(27,28)29/h1-15,22H,(H,33,34)/b21-13+. The Kier molecular flexibility index (Phi) is 6.51. The second kappa shape index (κ2) is 9.52. The van der Waals surface area contributed by atoms with Crippen molar-refractivity contribution in [1.29, 1.82) is 0 Å². The molecule has 1 unspecified atom stereocenters. The van der Waals surface area contributed by atoms with Crippen LogP contribution in [0, 0.1) is 0 Å². The minimum atomic E-state index is -4.46. The van der Waals surface area contributed by atoms with Crippen molar-refractivity contribution in [2.45, 2.75) is 12.1 Å². The summed E-state index contributed by atoms with van der Waals surface area (Å²) in [6.07, 6.45) is -0.0739. The highest BCUT2D eigenvalue weighted by atomic mass is 35.5. The number of carbonyl (C=O) groups is 1. The number of aromatic nitrogens is 3. The lowest BCUT2D eigenvalue weighted by atomic mass is 9.84. The first kappa shape index (κ1) is 23.3. The molecule has 9 heteroatoms. The Labute approximate surface area is 197 Å². The largest absolute Gasteiger partial charge is 0.478 e. The third kappa shape index (κ3) is 4.87. The van der Waals surface area contributed by atoms with Crippen LogP contribution in [-0.2, 0) is 6.18 Å². The third-order valence-corrected chi connectivity index (χ3v) is 5.57. The van der Waals surface area contributed by atoms with Crippen molar-refractivity contribution in [3.63, 3.8) is 0 Å². The van der Waals surface area contributed by atoms with E-state index in [2.05, 4.69) is 10.1 Å². The van der Waals surface area contributed by atoms with Gasteiger partial charge in [0, 0.05) is 5.02 Å². The second-order valence-corrected chi connectivity index (χ2v) is 7.79. The van der Waals surface area contributed by atoms with Crippen molar-refractivity contribution in [2.24, 2.45) is 0 Å². The molecule has 0 aliphatic rings. The highest BCUT2D eigenvalue weighted by Crippen LogP contribution is 2.41. The zero-order chi connectivity index (χ0) is 24.3. The normalized spacial score (nSPS) is 13.0. The molecule has 3 aromatic carbocycles. The van der Waals surface area contributed by atoms with Gasteiger partial charge in [0.1, 0.15) is 12.7 Å². The predicted octanol–water partition coefficient (Wildman–Crippen LogP) is 6.48. The molecule has 1 aromatic heterocycles. The van der Waals surface area contributed by atoms with E-state index in [-0.39, 0.29) is 10.6 Å². The van der Waals surface area contributed by atoms with Crippen LogP contribution in [0.25, 0.3) is 11.8 Å². The van der Waals surface area contributed by atoms with Crippen LogP contribution in [0.5, 0.6) is 0 Å². The van der Waals surface area contributed by atoms with Gasteiger partial charge in [-0.15, -0.1) is 0 Å². The monoisotopic (exact) mass is 483 g/mol. The summed E-state index contributed by atoms with van der Waals surface area (Å²) in [6.45, 7) is 0. The molecule has 4 rings (SSSR count). The molecule has 1 heterocycles. The van der Waals surface area contributed by atoms with E-state index in [9.17, 15) is 23.1 Å². The number of carboxylic acids is 1. The number of halogens is 4. The molecule has 0 spiro atoms. The summed E-state index contributed by atoms with van der Waals surface area (Å²) in [6, 6.07) is 18.3. The number of hydrogen-bond donors (Lipinski definition) is 1. The number of alkyl halides is 3. The summed E-state index contributed by atoms with van der Waals surface area (Å²) < 4.78 is 40.5. The molecule has 0 amide bonds. The van der Waals surface area contributed by atoms with Gasteiger partial charge in [-0.25, -0.2) is 14.5 Å². The maximum atomic E-state index is 13.0. The summed E-state index contributed by atoms with van der Waals surface area (Å²) in [5, 5.41) is 14.3. The van der Waals surface area contributed by atoms with E-state index in [1.807, 2.05) is 18.2 Å². The molecule has 0 saturated carbocycles. The van der Waals surface area contributed by atoms with E-state index in [0.717, 1.165) is 12.1 Å². The molecule has 0 saturated heterocycles. The van der Waals surface area contributed by atoms with Crippen LogP contribution in [0.4, 0.5) is 13.2 Å². The molecule has 0 radical (unpaired) electrons. The molecule has 1 atom stereocenters. The quantitative estimate of drug-likeness (QED) is 0.341. The fourth-order valence-corrected chi connectivity index (χ4v) is 3.99. The van der Waals surface area contributed by atoms with Crippen LogP contribution in [-0.4, -0.2) is 25.8 Å². The van der Waals surface area contributed by atoms with Crippen LogP contribution >= 0.6 is 11.6 Å². The van der Waals surface area contributed by atoms with Crippen molar-refractivity contribution in [1.82, 2.24) is 14.8 Å². The maximum absolute atomic E-state index is 13.0. The number of carboxylic acid groups (broad SMARTS) is 1. The van der Waals surface area contributed by atoms with Gasteiger partial charge in [-0.2, -0.15) is 18.3 Å². The van der Waals surface area contributed by atoms with E-state index in [4.69, 9.17) is 11.6 Å². The Morgan fingerprint density at radius 1 is 1.00 bits per heavy atom. The topological polar surface area (TPSA) is 68.0 Å². The Balaban J connectivity index is 1.97. The molecule has 5 nitrogen and oxygen atoms in total. The smallest absolute Gasteiger partial charge is 0.416 e. The first-order valence-corrected chi connectivity index (χ1v) is 10.4. The Bertz CT molecular complexity index is 1320. The average Bonchev–Trinajstić information content (AvgIpc) is 3.34. The first-order valence-electron chi connectivity index (χ1n) is 10.1. The van der Waals surface area contributed by atoms with Gasteiger partial charge < -0.3 is 5.11 Å². The molecule has 34 heavy (non-hydrogen) atoms. The van der Waals surface area contributed by atoms with E-state index in [1.54, 1.807) is 30.3 Å². The van der Waals surface area contributed by atoms with Crippen molar-refractivity contribution in [3.05, 3.63) is 118 Å². The fourth-order valence-electron chi connectivity index (χ4n) is 3.71. The van der Waals surface area contributed by atoms with Gasteiger partial charge in [-0.3, -0.25) is 0 Å². The van der Waals surface area contributed by atoms with Crippen molar-refractivity contribution >= 4 is 29.3 Å². The summed E-state index contributed by atoms with van der Waals surface area (Å²) in [5.41, 5.74) is 1.19. The Morgan fingerprint density at radius 3 is 2.29 bits per heavy atom. The minimum absolute atomic E-state index is 0.000197. The molecule has 0 bridgehead atoms. The number of nitrogens with zero attached hydrogens (tertiary/aromatic N) is 3. The third-order valence-electron chi connectivity index (χ3n) is 5.24. The van der Waals surface area contributed by atoms with Gasteiger partial charge in [0.25, 0.3) is 0 Å². The number of hydrogen-bond acceptors (Lipinski definition) is 3. The van der Waals surface area contributed by atoms with E-state index < -0.39 is 23.6 Å². The Hall–Kier alpha value is -3.91. The van der Waals surface area contributed by atoms with Gasteiger partial charge in [-0.05, 0) is 47.0 Å². The van der Waals surface area contributed by atoms with E-state index >= 15 is 0 Å². The Morgan fingerprint density at radius 2 is 1.71 bits per heavy atom. The van der Waals surface area contributed by atoms with Gasteiger partial charge >= 0.3 is 12.1 Å². The molecule has 172 valence electrons. The maximum Gasteiger partial charge on any atom is 0.416 e. The van der Waals surface area contributed by atoms with Gasteiger partial charge in [-0.1, -0.05) is 60.1 Å². The molecular formula is C25H17ClF3N3O2. The van der Waals surface area contributed by atoms with E-state index in [0.29, 0.717) is 22.4 Å². The molecule has 0 aliphatic heterocycles. The van der Waals surface area contributed by atoms with E-state index in [1.165, 1.54) is 35.5 Å². The van der Waals surface area contributed by atoms with Crippen LogP contribution in [0.3, 0.4) is 0 Å². The minimum Gasteiger partial charge on any atom is -0.478 e. The summed E-state index contributed by atoms with van der Waals surface area (Å²) in [4.78, 5) is 16.1. The lowest BCUT2D eigenvalue weighted by Gasteiger charge is -2.24. The lowest BCUT2D eigenvalue weighted by Crippen LogP contribution is -2.15. The number of aromatic carboxylic acids is 1. The molecule has 0 aliphatic carbocycles. The van der Waals surface area contributed by atoms with Crippen molar-refractivity contribution < 1.29 is 23.1 Å². The molecular weight excluding hydrogens is 467 g/mol. The SMILES string of the molecule is O=C(O)c1cccc(Cl)c1C(/C(=C\c1ccc(C(F)(F)F)cc1)n1cncn1)c1ccccc1. The van der Waals surface area contributed by atoms with Crippen LogP contribution in [0.1, 0.15) is 38.5 Å².